The molecule has 1 heterocycles. The topological polar surface area (TPSA) is 42.2 Å². The third-order valence-electron chi connectivity index (χ3n) is 2.71. The van der Waals surface area contributed by atoms with E-state index in [1.54, 1.807) is 10.6 Å². The molecule has 3 nitrogen and oxygen atoms in total. The molecular weight excluding hydrogens is 257 g/mol. The zero-order valence-electron chi connectivity index (χ0n) is 9.65. The SMILES string of the molecule is CCn1c(Cl)c(/C=C/C(=O)O)c2cc(F)ccc21. The Hall–Kier alpha value is -1.81. The maximum absolute atomic E-state index is 13.3. The third-order valence-corrected chi connectivity index (χ3v) is 3.12. The minimum Gasteiger partial charge on any atom is -0.478 e. The predicted molar refractivity (Wildman–Crippen MR) is 69.2 cm³/mol. The van der Waals surface area contributed by atoms with Crippen molar-refractivity contribution in [2.75, 3.05) is 0 Å². The first-order valence-electron chi connectivity index (χ1n) is 5.42. The van der Waals surface area contributed by atoms with E-state index in [2.05, 4.69) is 0 Å². The number of benzene rings is 1. The Morgan fingerprint density at radius 3 is 2.89 bits per heavy atom. The highest BCUT2D eigenvalue weighted by atomic mass is 35.5. The van der Waals surface area contributed by atoms with E-state index in [1.165, 1.54) is 18.2 Å². The summed E-state index contributed by atoms with van der Waals surface area (Å²) in [6.07, 6.45) is 2.38. The van der Waals surface area contributed by atoms with Crippen molar-refractivity contribution >= 4 is 34.5 Å². The van der Waals surface area contributed by atoms with Gasteiger partial charge in [-0.05, 0) is 31.2 Å². The van der Waals surface area contributed by atoms with E-state index < -0.39 is 5.97 Å². The van der Waals surface area contributed by atoms with E-state index in [9.17, 15) is 9.18 Å². The van der Waals surface area contributed by atoms with Crippen molar-refractivity contribution in [2.24, 2.45) is 0 Å². The van der Waals surface area contributed by atoms with E-state index >= 15 is 0 Å². The number of aromatic nitrogens is 1. The Kier molecular flexibility index (Phi) is 3.39. The van der Waals surface area contributed by atoms with Gasteiger partial charge in [-0.25, -0.2) is 9.18 Å². The van der Waals surface area contributed by atoms with Crippen molar-refractivity contribution in [1.82, 2.24) is 4.57 Å². The lowest BCUT2D eigenvalue weighted by molar-refractivity contribution is -0.131. The van der Waals surface area contributed by atoms with Crippen LogP contribution in [0.5, 0.6) is 0 Å². The van der Waals surface area contributed by atoms with E-state index in [0.29, 0.717) is 22.6 Å². The fourth-order valence-corrected chi connectivity index (χ4v) is 2.32. The van der Waals surface area contributed by atoms with Crippen LogP contribution < -0.4 is 0 Å². The molecule has 2 aromatic rings. The molecule has 0 saturated carbocycles. The summed E-state index contributed by atoms with van der Waals surface area (Å²) in [5.74, 6) is -1.45. The van der Waals surface area contributed by atoms with Crippen LogP contribution in [0, 0.1) is 5.82 Å². The zero-order valence-corrected chi connectivity index (χ0v) is 10.4. The summed E-state index contributed by atoms with van der Waals surface area (Å²) in [5, 5.41) is 9.67. The molecule has 0 radical (unpaired) electrons. The number of carboxylic acid groups (broad SMARTS) is 1. The minimum absolute atomic E-state index is 0.377. The molecule has 0 spiro atoms. The molecule has 0 aliphatic rings. The second-order valence-electron chi connectivity index (χ2n) is 3.78. The summed E-state index contributed by atoms with van der Waals surface area (Å²) < 4.78 is 15.1. The first-order valence-corrected chi connectivity index (χ1v) is 5.80. The number of carboxylic acids is 1. The fourth-order valence-electron chi connectivity index (χ4n) is 1.94. The fraction of sp³-hybridized carbons (Fsp3) is 0.154. The molecule has 0 unspecified atom stereocenters. The van der Waals surface area contributed by atoms with Crippen LogP contribution in [-0.4, -0.2) is 15.6 Å². The first kappa shape index (κ1) is 12.6. The van der Waals surface area contributed by atoms with Crippen LogP contribution in [0.1, 0.15) is 12.5 Å². The minimum atomic E-state index is -1.07. The molecule has 0 fully saturated rings. The smallest absolute Gasteiger partial charge is 0.328 e. The zero-order chi connectivity index (χ0) is 13.3. The number of rotatable bonds is 3. The number of carbonyl (C=O) groups is 1. The summed E-state index contributed by atoms with van der Waals surface area (Å²) in [4.78, 5) is 10.6. The van der Waals surface area contributed by atoms with Gasteiger partial charge in [0.1, 0.15) is 11.0 Å². The molecule has 94 valence electrons. The molecule has 0 aliphatic carbocycles. The Balaban J connectivity index is 2.74. The lowest BCUT2D eigenvalue weighted by Gasteiger charge is -2.01. The standard InChI is InChI=1S/C13H11ClFNO2/c1-2-16-11-5-3-8(15)7-10(11)9(13(16)14)4-6-12(17)18/h3-7H,2H2,1H3,(H,17,18)/b6-4+. The van der Waals surface area contributed by atoms with Crippen molar-refractivity contribution in [1.29, 1.82) is 0 Å². The van der Waals surface area contributed by atoms with Crippen LogP contribution in [0.3, 0.4) is 0 Å². The molecule has 1 aromatic heterocycles. The Labute approximate surface area is 108 Å². The molecule has 1 aromatic carbocycles. The van der Waals surface area contributed by atoms with Crippen molar-refractivity contribution in [3.8, 4) is 0 Å². The molecule has 0 atom stereocenters. The quantitative estimate of drug-likeness (QED) is 0.864. The van der Waals surface area contributed by atoms with E-state index in [1.807, 2.05) is 6.92 Å². The van der Waals surface area contributed by atoms with Crippen LogP contribution in [0.2, 0.25) is 5.15 Å². The highest BCUT2D eigenvalue weighted by Crippen LogP contribution is 2.31. The first-order chi connectivity index (χ1) is 8.54. The average molecular weight is 268 g/mol. The maximum atomic E-state index is 13.3. The molecule has 0 aliphatic heterocycles. The van der Waals surface area contributed by atoms with Crippen molar-refractivity contribution in [2.45, 2.75) is 13.5 Å². The van der Waals surface area contributed by atoms with E-state index in [4.69, 9.17) is 16.7 Å². The number of aliphatic carboxylic acids is 1. The van der Waals surface area contributed by atoms with Gasteiger partial charge in [-0.15, -0.1) is 0 Å². The molecular formula is C13H11ClFNO2. The van der Waals surface area contributed by atoms with Crippen LogP contribution >= 0.6 is 11.6 Å². The number of aryl methyl sites for hydroxylation is 1. The van der Waals surface area contributed by atoms with Gasteiger partial charge in [0, 0.05) is 29.1 Å². The Morgan fingerprint density at radius 2 is 2.28 bits per heavy atom. The lowest BCUT2D eigenvalue weighted by atomic mass is 10.1. The molecule has 1 N–H and O–H groups in total. The van der Waals surface area contributed by atoms with Gasteiger partial charge in [0.25, 0.3) is 0 Å². The van der Waals surface area contributed by atoms with Gasteiger partial charge in [-0.3, -0.25) is 0 Å². The summed E-state index contributed by atoms with van der Waals surface area (Å²) in [6.45, 7) is 2.54. The van der Waals surface area contributed by atoms with Crippen LogP contribution in [0.4, 0.5) is 4.39 Å². The van der Waals surface area contributed by atoms with Gasteiger partial charge in [-0.1, -0.05) is 11.6 Å². The average Bonchev–Trinajstić information content (AvgIpc) is 2.57. The van der Waals surface area contributed by atoms with E-state index in [0.717, 1.165) is 11.6 Å². The number of fused-ring (bicyclic) bond motifs is 1. The third kappa shape index (κ3) is 2.11. The van der Waals surface area contributed by atoms with Gasteiger partial charge in [0.05, 0.1) is 0 Å². The second kappa shape index (κ2) is 4.82. The lowest BCUT2D eigenvalue weighted by Crippen LogP contribution is -1.93. The summed E-state index contributed by atoms with van der Waals surface area (Å²) in [6, 6.07) is 4.35. The molecule has 0 bridgehead atoms. The number of halogens is 2. The van der Waals surface area contributed by atoms with Crippen LogP contribution in [0.15, 0.2) is 24.3 Å². The van der Waals surface area contributed by atoms with E-state index in [-0.39, 0.29) is 5.82 Å². The van der Waals surface area contributed by atoms with Gasteiger partial charge in [-0.2, -0.15) is 0 Å². The number of hydrogen-bond donors (Lipinski definition) is 1. The largest absolute Gasteiger partial charge is 0.478 e. The Morgan fingerprint density at radius 1 is 1.56 bits per heavy atom. The molecule has 2 rings (SSSR count). The van der Waals surface area contributed by atoms with Gasteiger partial charge >= 0.3 is 5.97 Å². The van der Waals surface area contributed by atoms with Crippen LogP contribution in [0.25, 0.3) is 17.0 Å². The molecule has 5 heteroatoms. The monoisotopic (exact) mass is 267 g/mol. The Bertz CT molecular complexity index is 646. The summed E-state index contributed by atoms with van der Waals surface area (Å²) >= 11 is 6.18. The van der Waals surface area contributed by atoms with Crippen LogP contribution in [-0.2, 0) is 11.3 Å². The van der Waals surface area contributed by atoms with Gasteiger partial charge < -0.3 is 9.67 Å². The van der Waals surface area contributed by atoms with Crippen molar-refractivity contribution < 1.29 is 14.3 Å². The molecule has 0 amide bonds. The number of nitrogens with zero attached hydrogens (tertiary/aromatic N) is 1. The second-order valence-corrected chi connectivity index (χ2v) is 4.14. The van der Waals surface area contributed by atoms with Gasteiger partial charge in [0.2, 0.25) is 0 Å². The highest BCUT2D eigenvalue weighted by molar-refractivity contribution is 6.33. The summed E-state index contributed by atoms with van der Waals surface area (Å²) in [7, 11) is 0. The molecule has 0 saturated heterocycles. The van der Waals surface area contributed by atoms with Gasteiger partial charge in [0.15, 0.2) is 0 Å². The normalized spacial score (nSPS) is 11.5. The maximum Gasteiger partial charge on any atom is 0.328 e. The van der Waals surface area contributed by atoms with Crippen molar-refractivity contribution in [3.63, 3.8) is 0 Å². The highest BCUT2D eigenvalue weighted by Gasteiger charge is 2.13. The summed E-state index contributed by atoms with van der Waals surface area (Å²) in [5.41, 5.74) is 1.31. The van der Waals surface area contributed by atoms with Crippen molar-refractivity contribution in [3.05, 3.63) is 40.8 Å². The molecule has 18 heavy (non-hydrogen) atoms. The predicted octanol–water partition coefficient (Wildman–Crippen LogP) is 3.55. The number of hydrogen-bond acceptors (Lipinski definition) is 1.